The zero-order valence-corrected chi connectivity index (χ0v) is 20.0. The number of carbonyl (C=O) groups is 1. The van der Waals surface area contributed by atoms with Crippen LogP contribution in [-0.4, -0.2) is 46.1 Å². The number of hydrogen-bond donors (Lipinski definition) is 2. The molecule has 0 aliphatic carbocycles. The van der Waals surface area contributed by atoms with Crippen molar-refractivity contribution in [2.75, 3.05) is 20.3 Å². The summed E-state index contributed by atoms with van der Waals surface area (Å²) in [6, 6.07) is 3.69. The van der Waals surface area contributed by atoms with E-state index in [0.29, 0.717) is 0 Å². The summed E-state index contributed by atoms with van der Waals surface area (Å²) in [6.45, 7) is 6.70. The van der Waals surface area contributed by atoms with Gasteiger partial charge in [-0.25, -0.2) is 9.18 Å². The van der Waals surface area contributed by atoms with E-state index < -0.39 is 23.2 Å². The lowest BCUT2D eigenvalue weighted by Gasteiger charge is -2.18. The number of carbonyl (C=O) groups excluding carboxylic acids is 1. The van der Waals surface area contributed by atoms with Gasteiger partial charge >= 0.3 is 5.69 Å². The van der Waals surface area contributed by atoms with Gasteiger partial charge in [0.15, 0.2) is 0 Å². The van der Waals surface area contributed by atoms with Crippen molar-refractivity contribution in [3.05, 3.63) is 62.2 Å². The molecule has 0 aliphatic heterocycles. The quantitative estimate of drug-likeness (QED) is 0.372. The van der Waals surface area contributed by atoms with E-state index in [-0.39, 0.29) is 60.7 Å². The second kappa shape index (κ2) is 12.1. The molecule has 1 amide bonds. The Balaban J connectivity index is 2.50. The minimum Gasteiger partial charge on any atom is -0.496 e. The second-order valence-corrected chi connectivity index (χ2v) is 7.88. The van der Waals surface area contributed by atoms with Crippen molar-refractivity contribution in [2.45, 2.75) is 46.9 Å². The molecule has 0 spiro atoms. The number of aromatic nitrogens is 2. The predicted octanol–water partition coefficient (Wildman–Crippen LogP) is 1.42. The van der Waals surface area contributed by atoms with Gasteiger partial charge in [-0.1, -0.05) is 19.0 Å². The Bertz CT molecular complexity index is 1160. The van der Waals surface area contributed by atoms with Crippen LogP contribution in [0.15, 0.2) is 39.1 Å². The van der Waals surface area contributed by atoms with Crippen molar-refractivity contribution in [1.29, 1.82) is 0 Å². The first kappa shape index (κ1) is 26.8. The van der Waals surface area contributed by atoms with Gasteiger partial charge in [0.25, 0.3) is 5.56 Å². The van der Waals surface area contributed by atoms with E-state index in [1.165, 1.54) is 25.4 Å². The van der Waals surface area contributed by atoms with Crippen molar-refractivity contribution in [3.63, 3.8) is 0 Å². The molecule has 186 valence electrons. The van der Waals surface area contributed by atoms with E-state index in [1.807, 2.05) is 0 Å². The van der Waals surface area contributed by atoms with Crippen molar-refractivity contribution in [3.8, 4) is 5.75 Å². The van der Waals surface area contributed by atoms with Gasteiger partial charge in [-0.2, -0.15) is 0 Å². The van der Waals surface area contributed by atoms with Crippen LogP contribution in [0.25, 0.3) is 0 Å². The van der Waals surface area contributed by atoms with Crippen LogP contribution in [0.3, 0.4) is 0 Å². The zero-order chi connectivity index (χ0) is 25.4. The number of nitrogens with zero attached hydrogens (tertiary/aromatic N) is 3. The fourth-order valence-corrected chi connectivity index (χ4v) is 3.19. The molecule has 0 aliphatic rings. The first-order valence-electron chi connectivity index (χ1n) is 10.9. The van der Waals surface area contributed by atoms with Gasteiger partial charge in [0.2, 0.25) is 5.91 Å². The molecule has 0 bridgehead atoms. The minimum atomic E-state index is -1.31. The predicted molar refractivity (Wildman–Crippen MR) is 125 cm³/mol. The van der Waals surface area contributed by atoms with Crippen LogP contribution in [0.1, 0.15) is 44.9 Å². The van der Waals surface area contributed by atoms with E-state index >= 15 is 0 Å². The van der Waals surface area contributed by atoms with E-state index in [9.17, 15) is 23.9 Å². The Morgan fingerprint density at radius 3 is 2.62 bits per heavy atom. The summed E-state index contributed by atoms with van der Waals surface area (Å²) in [4.78, 5) is 43.0. The molecule has 2 rings (SSSR count). The summed E-state index contributed by atoms with van der Waals surface area (Å²) < 4.78 is 21.1. The fraction of sp³-hybridized carbons (Fsp3) is 0.478. The van der Waals surface area contributed by atoms with E-state index in [0.717, 1.165) is 15.2 Å². The fourth-order valence-electron chi connectivity index (χ4n) is 3.19. The average Bonchev–Trinajstić information content (AvgIpc) is 2.80. The number of nitrogens with one attached hydrogen (secondary N) is 1. The smallest absolute Gasteiger partial charge is 0.331 e. The Hall–Kier alpha value is -3.47. The summed E-state index contributed by atoms with van der Waals surface area (Å²) in [6.07, 6.45) is -0.0345. The molecule has 1 aromatic carbocycles. The maximum absolute atomic E-state index is 13.8. The van der Waals surface area contributed by atoms with Gasteiger partial charge in [0.05, 0.1) is 24.9 Å². The Morgan fingerprint density at radius 2 is 2.00 bits per heavy atom. The van der Waals surface area contributed by atoms with Crippen LogP contribution in [0.4, 0.5) is 4.39 Å². The van der Waals surface area contributed by atoms with Crippen LogP contribution in [0, 0.1) is 11.7 Å². The van der Waals surface area contributed by atoms with Crippen LogP contribution >= 0.6 is 0 Å². The molecule has 11 heteroatoms. The van der Waals surface area contributed by atoms with Gasteiger partial charge in [-0.05, 0) is 32.0 Å². The molecule has 2 aromatic rings. The first-order chi connectivity index (χ1) is 16.1. The largest absolute Gasteiger partial charge is 0.496 e. The molecule has 1 heterocycles. The highest BCUT2D eigenvalue weighted by Gasteiger charge is 2.20. The summed E-state index contributed by atoms with van der Waals surface area (Å²) in [7, 11) is 1.38. The number of methoxy groups -OCH3 is 1. The van der Waals surface area contributed by atoms with Crippen molar-refractivity contribution >= 4 is 11.6 Å². The molecule has 2 N–H and O–H groups in total. The minimum absolute atomic E-state index is 0.0531. The third-order valence-corrected chi connectivity index (χ3v) is 5.04. The highest BCUT2D eigenvalue weighted by molar-refractivity contribution is 5.97. The lowest BCUT2D eigenvalue weighted by Crippen LogP contribution is -2.45. The van der Waals surface area contributed by atoms with Crippen LogP contribution < -0.4 is 21.3 Å². The molecule has 1 aromatic heterocycles. The molecule has 10 nitrogen and oxygen atoms in total. The summed E-state index contributed by atoms with van der Waals surface area (Å²) in [5.74, 6) is -0.793. The number of amides is 1. The highest BCUT2D eigenvalue weighted by Crippen LogP contribution is 2.26. The molecule has 1 atom stereocenters. The molecular weight excluding hydrogens is 447 g/mol. The number of aliphatic hydroxyl groups is 1. The molecule has 0 saturated heterocycles. The molecular formula is C23H31FN4O6. The first-order valence-corrected chi connectivity index (χ1v) is 10.9. The van der Waals surface area contributed by atoms with Gasteiger partial charge in [0, 0.05) is 30.8 Å². The van der Waals surface area contributed by atoms with Gasteiger partial charge in [-0.15, -0.1) is 0 Å². The van der Waals surface area contributed by atoms with Crippen LogP contribution in [0.2, 0.25) is 0 Å². The standard InChI is InChI=1S/C23H31FN4O6/c1-6-34-26-15(4)18-12-27(13-19(29)17-11-16(24)7-8-20(17)33-5)23(32)28(22(18)31)10-9-25-21(30)14(2)3/h7-8,11-12,14,19,29H,6,9-10,13H2,1-5H3,(H,25,30). The van der Waals surface area contributed by atoms with Crippen molar-refractivity contribution in [1.82, 2.24) is 14.5 Å². The second-order valence-electron chi connectivity index (χ2n) is 7.88. The van der Waals surface area contributed by atoms with Gasteiger partial charge < -0.3 is 20.0 Å². The third-order valence-electron chi connectivity index (χ3n) is 5.04. The van der Waals surface area contributed by atoms with Crippen molar-refractivity contribution < 1.29 is 23.9 Å². The molecule has 0 radical (unpaired) electrons. The lowest BCUT2D eigenvalue weighted by molar-refractivity contribution is -0.124. The number of oxime groups is 1. The van der Waals surface area contributed by atoms with E-state index in [2.05, 4.69) is 10.5 Å². The molecule has 0 saturated carbocycles. The number of aliphatic hydroxyl groups excluding tert-OH is 1. The van der Waals surface area contributed by atoms with Gasteiger partial charge in [-0.3, -0.25) is 18.7 Å². The van der Waals surface area contributed by atoms with E-state index in [4.69, 9.17) is 9.57 Å². The third kappa shape index (κ3) is 6.53. The monoisotopic (exact) mass is 478 g/mol. The normalized spacial score (nSPS) is 12.5. The summed E-state index contributed by atoms with van der Waals surface area (Å²) in [5.41, 5.74) is -0.845. The van der Waals surface area contributed by atoms with Gasteiger partial charge in [0.1, 0.15) is 24.3 Å². The van der Waals surface area contributed by atoms with Crippen molar-refractivity contribution in [2.24, 2.45) is 11.1 Å². The van der Waals surface area contributed by atoms with Crippen LogP contribution in [-0.2, 0) is 22.7 Å². The molecule has 0 fully saturated rings. The van der Waals surface area contributed by atoms with E-state index in [1.54, 1.807) is 27.7 Å². The number of rotatable bonds is 11. The number of hydrogen-bond acceptors (Lipinski definition) is 7. The Labute approximate surface area is 196 Å². The number of halogens is 1. The summed E-state index contributed by atoms with van der Waals surface area (Å²) >= 11 is 0. The average molecular weight is 479 g/mol. The SMILES string of the molecule is CCON=C(C)c1cn(CC(O)c2cc(F)ccc2OC)c(=O)n(CCNC(=O)C(C)C)c1=O. The molecule has 1 unspecified atom stereocenters. The lowest BCUT2D eigenvalue weighted by atomic mass is 10.1. The summed E-state index contributed by atoms with van der Waals surface area (Å²) in [5, 5.41) is 17.3. The number of ether oxygens (including phenoxy) is 1. The molecule has 34 heavy (non-hydrogen) atoms. The topological polar surface area (TPSA) is 124 Å². The Kier molecular flexibility index (Phi) is 9.55. The maximum Gasteiger partial charge on any atom is 0.331 e. The van der Waals surface area contributed by atoms with Crippen LogP contribution in [0.5, 0.6) is 5.75 Å². The zero-order valence-electron chi connectivity index (χ0n) is 20.0. The maximum atomic E-state index is 13.8. The number of benzene rings is 1. The highest BCUT2D eigenvalue weighted by atomic mass is 19.1. The Morgan fingerprint density at radius 1 is 1.29 bits per heavy atom.